The summed E-state index contributed by atoms with van der Waals surface area (Å²) in [6, 6.07) is 9.22. The van der Waals surface area contributed by atoms with E-state index in [1.807, 2.05) is 42.5 Å². The highest BCUT2D eigenvalue weighted by Crippen LogP contribution is 2.36. The summed E-state index contributed by atoms with van der Waals surface area (Å²) in [5.74, 6) is -0.505. The molecule has 1 aromatic rings. The molecule has 1 aromatic carbocycles. The number of aliphatic carboxylic acids is 1. The second-order valence-electron chi connectivity index (χ2n) is 7.18. The third-order valence-corrected chi connectivity index (χ3v) is 4.97. The van der Waals surface area contributed by atoms with Crippen molar-refractivity contribution >= 4 is 5.97 Å². The normalized spacial score (nSPS) is 26.1. The van der Waals surface area contributed by atoms with E-state index in [2.05, 4.69) is 0 Å². The number of hydrogen-bond donors (Lipinski definition) is 4. The Morgan fingerprint density at radius 1 is 1.18 bits per heavy atom. The monoisotopic (exact) mass is 390 g/mol. The molecule has 0 saturated heterocycles. The Morgan fingerprint density at radius 3 is 2.64 bits per heavy atom. The van der Waals surface area contributed by atoms with Crippen molar-refractivity contribution in [3.63, 3.8) is 0 Å². The standard InChI is InChI=1S/C22H30O6/c23-16(15-28-17-8-4-3-5-9-17)12-13-19-18(20(24)14-21(19)25)10-6-1-2-7-11-22(26)27/h1,3-6,8-9,12-13,16,18-21,23-25H,2,7,10-11,14-15H2,(H,26,27)/t16?,18-,19-,20+,21-/m1/s1. The molecular weight excluding hydrogens is 360 g/mol. The first-order valence-electron chi connectivity index (χ1n) is 9.74. The Kier molecular flexibility index (Phi) is 9.20. The van der Waals surface area contributed by atoms with Crippen LogP contribution in [0.4, 0.5) is 0 Å². The highest BCUT2D eigenvalue weighted by atomic mass is 16.5. The molecule has 0 radical (unpaired) electrons. The Labute approximate surface area is 165 Å². The van der Waals surface area contributed by atoms with Gasteiger partial charge >= 0.3 is 5.97 Å². The van der Waals surface area contributed by atoms with Crippen molar-refractivity contribution in [2.24, 2.45) is 11.8 Å². The van der Waals surface area contributed by atoms with Crippen molar-refractivity contribution < 1.29 is 30.0 Å². The number of carbonyl (C=O) groups is 1. The number of para-hydroxylation sites is 1. The van der Waals surface area contributed by atoms with Gasteiger partial charge in [-0.1, -0.05) is 42.5 Å². The van der Waals surface area contributed by atoms with Crippen molar-refractivity contribution in [3.8, 4) is 5.75 Å². The average Bonchev–Trinajstić information content (AvgIpc) is 2.94. The van der Waals surface area contributed by atoms with Gasteiger partial charge in [0.2, 0.25) is 0 Å². The van der Waals surface area contributed by atoms with E-state index in [4.69, 9.17) is 9.84 Å². The minimum absolute atomic E-state index is 0.111. The number of aliphatic hydroxyl groups excluding tert-OH is 3. The van der Waals surface area contributed by atoms with E-state index >= 15 is 0 Å². The zero-order valence-corrected chi connectivity index (χ0v) is 15.9. The van der Waals surface area contributed by atoms with Gasteiger partial charge in [0, 0.05) is 18.8 Å². The van der Waals surface area contributed by atoms with Gasteiger partial charge in [-0.15, -0.1) is 0 Å². The van der Waals surface area contributed by atoms with Crippen LogP contribution in [0.2, 0.25) is 0 Å². The summed E-state index contributed by atoms with van der Waals surface area (Å²) in [4.78, 5) is 10.5. The minimum Gasteiger partial charge on any atom is -0.491 e. The number of carboxylic acids is 1. The molecule has 1 saturated carbocycles. The molecule has 6 nitrogen and oxygen atoms in total. The van der Waals surface area contributed by atoms with Crippen LogP contribution in [-0.2, 0) is 4.79 Å². The SMILES string of the molecule is O=C(O)CCCC=CC[C@@H]1[C@@H](C=CC(O)COc2ccccc2)[C@H](O)C[C@@H]1O. The second-order valence-corrected chi connectivity index (χ2v) is 7.18. The van der Waals surface area contributed by atoms with Gasteiger partial charge in [0.1, 0.15) is 18.5 Å². The Morgan fingerprint density at radius 2 is 1.93 bits per heavy atom. The molecule has 0 aliphatic heterocycles. The van der Waals surface area contributed by atoms with Gasteiger partial charge in [0.15, 0.2) is 0 Å². The van der Waals surface area contributed by atoms with E-state index in [1.54, 1.807) is 12.2 Å². The second kappa shape index (κ2) is 11.6. The maximum atomic E-state index is 10.5. The van der Waals surface area contributed by atoms with Crippen LogP contribution in [0, 0.1) is 11.8 Å². The Balaban J connectivity index is 1.82. The van der Waals surface area contributed by atoms with Crippen LogP contribution in [0.1, 0.15) is 32.1 Å². The molecule has 0 aromatic heterocycles. The largest absolute Gasteiger partial charge is 0.491 e. The molecule has 0 heterocycles. The van der Waals surface area contributed by atoms with Crippen molar-refractivity contribution in [3.05, 3.63) is 54.6 Å². The molecule has 6 heteroatoms. The summed E-state index contributed by atoms with van der Waals surface area (Å²) in [6.07, 6.45) is 7.46. The predicted octanol–water partition coefficient (Wildman–Crippen LogP) is 2.54. The number of allylic oxidation sites excluding steroid dienone is 2. The number of ether oxygens (including phenoxy) is 1. The summed E-state index contributed by atoms with van der Waals surface area (Å²) in [5, 5.41) is 39.2. The van der Waals surface area contributed by atoms with Crippen LogP contribution in [0.3, 0.4) is 0 Å². The van der Waals surface area contributed by atoms with Crippen molar-refractivity contribution in [2.75, 3.05) is 6.61 Å². The number of rotatable bonds is 11. The molecule has 0 bridgehead atoms. The van der Waals surface area contributed by atoms with Crippen LogP contribution in [0.25, 0.3) is 0 Å². The van der Waals surface area contributed by atoms with Gasteiger partial charge in [-0.25, -0.2) is 0 Å². The van der Waals surface area contributed by atoms with Gasteiger partial charge in [-0.05, 0) is 37.3 Å². The first-order chi connectivity index (χ1) is 13.5. The summed E-state index contributed by atoms with van der Waals surface area (Å²) >= 11 is 0. The Hall–Kier alpha value is -2.15. The smallest absolute Gasteiger partial charge is 0.303 e. The van der Waals surface area contributed by atoms with Crippen molar-refractivity contribution in [1.82, 2.24) is 0 Å². The molecule has 4 N–H and O–H groups in total. The molecule has 0 spiro atoms. The zero-order chi connectivity index (χ0) is 20.4. The van der Waals surface area contributed by atoms with Crippen LogP contribution in [0.5, 0.6) is 5.75 Å². The molecule has 28 heavy (non-hydrogen) atoms. The molecule has 2 rings (SSSR count). The lowest BCUT2D eigenvalue weighted by Gasteiger charge is -2.19. The first-order valence-corrected chi connectivity index (χ1v) is 9.74. The quantitative estimate of drug-likeness (QED) is 0.342. The van der Waals surface area contributed by atoms with E-state index in [9.17, 15) is 20.1 Å². The predicted molar refractivity (Wildman–Crippen MR) is 106 cm³/mol. The molecule has 1 aliphatic carbocycles. The molecule has 5 atom stereocenters. The van der Waals surface area contributed by atoms with Gasteiger partial charge in [-0.2, -0.15) is 0 Å². The highest BCUT2D eigenvalue weighted by Gasteiger charge is 2.39. The molecule has 1 fully saturated rings. The van der Waals surface area contributed by atoms with Crippen LogP contribution in [-0.4, -0.2) is 51.3 Å². The lowest BCUT2D eigenvalue weighted by Crippen LogP contribution is -2.21. The summed E-state index contributed by atoms with van der Waals surface area (Å²) in [5.41, 5.74) is 0. The number of benzene rings is 1. The summed E-state index contributed by atoms with van der Waals surface area (Å²) in [7, 11) is 0. The van der Waals surface area contributed by atoms with Gasteiger partial charge < -0.3 is 25.2 Å². The molecule has 1 aliphatic rings. The third-order valence-electron chi connectivity index (χ3n) is 4.97. The van der Waals surface area contributed by atoms with E-state index in [1.165, 1.54) is 0 Å². The van der Waals surface area contributed by atoms with Gasteiger partial charge in [0.25, 0.3) is 0 Å². The maximum absolute atomic E-state index is 10.5. The van der Waals surface area contributed by atoms with E-state index in [-0.39, 0.29) is 24.9 Å². The lowest BCUT2D eigenvalue weighted by molar-refractivity contribution is -0.137. The minimum atomic E-state index is -0.808. The summed E-state index contributed by atoms with van der Waals surface area (Å²) in [6.45, 7) is 0.111. The van der Waals surface area contributed by atoms with Crippen molar-refractivity contribution in [1.29, 1.82) is 0 Å². The fourth-order valence-corrected chi connectivity index (χ4v) is 3.46. The number of carboxylic acid groups (broad SMARTS) is 1. The first kappa shape index (κ1) is 22.1. The lowest BCUT2D eigenvalue weighted by atomic mass is 9.89. The van der Waals surface area contributed by atoms with E-state index in [0.717, 1.165) is 0 Å². The summed E-state index contributed by atoms with van der Waals surface area (Å²) < 4.78 is 5.51. The maximum Gasteiger partial charge on any atom is 0.303 e. The molecule has 1 unspecified atom stereocenters. The average molecular weight is 390 g/mol. The van der Waals surface area contributed by atoms with Crippen LogP contribution < -0.4 is 4.74 Å². The highest BCUT2D eigenvalue weighted by molar-refractivity contribution is 5.66. The third kappa shape index (κ3) is 7.46. The zero-order valence-electron chi connectivity index (χ0n) is 15.9. The molecular formula is C22H30O6. The molecule has 0 amide bonds. The van der Waals surface area contributed by atoms with Gasteiger partial charge in [0.05, 0.1) is 12.2 Å². The number of aliphatic hydroxyl groups is 3. The number of unbranched alkanes of at least 4 members (excludes halogenated alkanes) is 1. The topological polar surface area (TPSA) is 107 Å². The van der Waals surface area contributed by atoms with Crippen LogP contribution >= 0.6 is 0 Å². The van der Waals surface area contributed by atoms with E-state index in [0.29, 0.717) is 31.4 Å². The van der Waals surface area contributed by atoms with Crippen LogP contribution in [0.15, 0.2) is 54.6 Å². The molecule has 154 valence electrons. The fourth-order valence-electron chi connectivity index (χ4n) is 3.46. The number of hydrogen-bond acceptors (Lipinski definition) is 5. The Bertz CT molecular complexity index is 642. The van der Waals surface area contributed by atoms with E-state index < -0.39 is 24.3 Å². The fraction of sp³-hybridized carbons (Fsp3) is 0.500. The van der Waals surface area contributed by atoms with Gasteiger partial charge in [-0.3, -0.25) is 4.79 Å². The van der Waals surface area contributed by atoms with Crippen molar-refractivity contribution in [2.45, 2.75) is 50.4 Å².